The molecule has 2 rings (SSSR count). The molecule has 80 valence electrons. The van der Waals surface area contributed by atoms with Gasteiger partial charge in [-0.05, 0) is 12.1 Å². The number of aromatic nitrogens is 3. The molecule has 0 unspecified atom stereocenters. The van der Waals surface area contributed by atoms with Crippen molar-refractivity contribution in [3.8, 4) is 5.75 Å². The van der Waals surface area contributed by atoms with Crippen molar-refractivity contribution < 1.29 is 13.5 Å². The SMILES string of the molecule is Cn1nnc2cc(Br)cc(OC(F)F)c21. The Labute approximate surface area is 92.0 Å². The van der Waals surface area contributed by atoms with Crippen LogP contribution in [-0.2, 0) is 7.05 Å². The molecule has 1 aromatic carbocycles. The van der Waals surface area contributed by atoms with Crippen molar-refractivity contribution in [2.24, 2.45) is 7.05 Å². The molecule has 4 nitrogen and oxygen atoms in total. The predicted molar refractivity (Wildman–Crippen MR) is 52.8 cm³/mol. The van der Waals surface area contributed by atoms with Crippen molar-refractivity contribution in [2.75, 3.05) is 0 Å². The Morgan fingerprint density at radius 1 is 1.47 bits per heavy atom. The van der Waals surface area contributed by atoms with Crippen LogP contribution in [-0.4, -0.2) is 21.6 Å². The highest BCUT2D eigenvalue weighted by Gasteiger charge is 2.13. The number of benzene rings is 1. The van der Waals surface area contributed by atoms with Crippen molar-refractivity contribution >= 4 is 27.0 Å². The Balaban J connectivity index is 2.63. The van der Waals surface area contributed by atoms with E-state index < -0.39 is 6.61 Å². The van der Waals surface area contributed by atoms with E-state index in [-0.39, 0.29) is 5.75 Å². The second kappa shape index (κ2) is 3.73. The van der Waals surface area contributed by atoms with Crippen molar-refractivity contribution in [1.82, 2.24) is 15.0 Å². The van der Waals surface area contributed by atoms with Crippen molar-refractivity contribution in [2.45, 2.75) is 6.61 Å². The summed E-state index contributed by atoms with van der Waals surface area (Å²) >= 11 is 3.18. The van der Waals surface area contributed by atoms with E-state index in [0.29, 0.717) is 15.5 Å². The third kappa shape index (κ3) is 1.92. The summed E-state index contributed by atoms with van der Waals surface area (Å²) in [6, 6.07) is 3.14. The van der Waals surface area contributed by atoms with Crippen LogP contribution in [0.4, 0.5) is 8.78 Å². The minimum absolute atomic E-state index is 0.0573. The van der Waals surface area contributed by atoms with E-state index in [9.17, 15) is 8.78 Å². The summed E-state index contributed by atoms with van der Waals surface area (Å²) in [5.41, 5.74) is 0.945. The summed E-state index contributed by atoms with van der Waals surface area (Å²) < 4.78 is 30.6. The number of hydrogen-bond donors (Lipinski definition) is 0. The van der Waals surface area contributed by atoms with Crippen molar-refractivity contribution in [3.63, 3.8) is 0 Å². The van der Waals surface area contributed by atoms with Gasteiger partial charge in [0.05, 0.1) is 0 Å². The molecule has 15 heavy (non-hydrogen) atoms. The highest BCUT2D eigenvalue weighted by molar-refractivity contribution is 9.10. The fraction of sp³-hybridized carbons (Fsp3) is 0.250. The van der Waals surface area contributed by atoms with Crippen LogP contribution >= 0.6 is 15.9 Å². The molecule has 0 saturated carbocycles. The molecule has 0 aliphatic heterocycles. The standard InChI is InChI=1S/C8H6BrF2N3O/c1-14-7-5(12-13-14)2-4(9)3-6(7)15-8(10)11/h2-3,8H,1H3. The average molecular weight is 278 g/mol. The van der Waals surface area contributed by atoms with Gasteiger partial charge in [0.25, 0.3) is 0 Å². The second-order valence-electron chi connectivity index (χ2n) is 2.86. The van der Waals surface area contributed by atoms with E-state index in [0.717, 1.165) is 0 Å². The first kappa shape index (κ1) is 10.3. The fourth-order valence-corrected chi connectivity index (χ4v) is 1.73. The Morgan fingerprint density at radius 3 is 2.87 bits per heavy atom. The molecule has 0 atom stereocenters. The zero-order valence-electron chi connectivity index (χ0n) is 7.62. The number of aryl methyl sites for hydroxylation is 1. The summed E-state index contributed by atoms with van der Waals surface area (Å²) in [6.45, 7) is -2.86. The Morgan fingerprint density at radius 2 is 2.20 bits per heavy atom. The maximum absolute atomic E-state index is 12.1. The van der Waals surface area contributed by atoms with Crippen LogP contribution in [0.3, 0.4) is 0 Å². The number of rotatable bonds is 2. The van der Waals surface area contributed by atoms with Crippen molar-refractivity contribution in [1.29, 1.82) is 0 Å². The summed E-state index contributed by atoms with van der Waals surface area (Å²) in [4.78, 5) is 0. The fourth-order valence-electron chi connectivity index (χ4n) is 1.31. The molecule has 0 aliphatic carbocycles. The van der Waals surface area contributed by atoms with Gasteiger partial charge in [0.15, 0.2) is 5.75 Å². The molecule has 0 bridgehead atoms. The van der Waals surface area contributed by atoms with Crippen LogP contribution in [0.25, 0.3) is 11.0 Å². The highest BCUT2D eigenvalue weighted by atomic mass is 79.9. The molecular formula is C8H6BrF2N3O. The van der Waals surface area contributed by atoms with Gasteiger partial charge in [0.2, 0.25) is 0 Å². The number of nitrogens with zero attached hydrogens (tertiary/aromatic N) is 3. The molecule has 0 radical (unpaired) electrons. The van der Waals surface area contributed by atoms with E-state index in [4.69, 9.17) is 0 Å². The Bertz CT molecular complexity index is 500. The quantitative estimate of drug-likeness (QED) is 0.846. The number of alkyl halides is 2. The van der Waals surface area contributed by atoms with Crippen LogP contribution in [0.1, 0.15) is 0 Å². The molecule has 0 amide bonds. The lowest BCUT2D eigenvalue weighted by atomic mass is 10.3. The van der Waals surface area contributed by atoms with Crippen LogP contribution in [0, 0.1) is 0 Å². The van der Waals surface area contributed by atoms with Gasteiger partial charge in [-0.25, -0.2) is 4.68 Å². The van der Waals surface area contributed by atoms with Gasteiger partial charge in [0, 0.05) is 11.5 Å². The second-order valence-corrected chi connectivity index (χ2v) is 3.78. The molecule has 0 fully saturated rings. The average Bonchev–Trinajstić information content (AvgIpc) is 2.46. The van der Waals surface area contributed by atoms with Gasteiger partial charge >= 0.3 is 6.61 Å². The van der Waals surface area contributed by atoms with E-state index in [2.05, 4.69) is 31.0 Å². The maximum Gasteiger partial charge on any atom is 0.387 e. The zero-order chi connectivity index (χ0) is 11.0. The summed E-state index contributed by atoms with van der Waals surface area (Å²) in [6.07, 6.45) is 0. The van der Waals surface area contributed by atoms with E-state index in [1.807, 2.05) is 0 Å². The summed E-state index contributed by atoms with van der Waals surface area (Å²) in [5, 5.41) is 7.53. The molecule has 1 aromatic heterocycles. The molecular weight excluding hydrogens is 272 g/mol. The van der Waals surface area contributed by atoms with Gasteiger partial charge in [-0.1, -0.05) is 21.1 Å². The summed E-state index contributed by atoms with van der Waals surface area (Å²) in [5.74, 6) is 0.0573. The number of ether oxygens (including phenoxy) is 1. The first-order valence-electron chi connectivity index (χ1n) is 4.01. The lowest BCUT2D eigenvalue weighted by Gasteiger charge is -2.06. The molecule has 7 heteroatoms. The molecule has 1 heterocycles. The van der Waals surface area contributed by atoms with Gasteiger partial charge in [-0.3, -0.25) is 0 Å². The molecule has 2 aromatic rings. The summed E-state index contributed by atoms with van der Waals surface area (Å²) in [7, 11) is 1.61. The Kier molecular flexibility index (Phi) is 2.56. The van der Waals surface area contributed by atoms with Gasteiger partial charge < -0.3 is 4.74 Å². The van der Waals surface area contributed by atoms with E-state index >= 15 is 0 Å². The van der Waals surface area contributed by atoms with Crippen molar-refractivity contribution in [3.05, 3.63) is 16.6 Å². The van der Waals surface area contributed by atoms with Crippen LogP contribution < -0.4 is 4.74 Å². The van der Waals surface area contributed by atoms with Crippen LogP contribution in [0.2, 0.25) is 0 Å². The van der Waals surface area contributed by atoms with Gasteiger partial charge in [-0.2, -0.15) is 8.78 Å². The third-order valence-corrected chi connectivity index (χ3v) is 2.30. The third-order valence-electron chi connectivity index (χ3n) is 1.85. The molecule has 0 aliphatic rings. The topological polar surface area (TPSA) is 39.9 Å². The Hall–Kier alpha value is -1.24. The van der Waals surface area contributed by atoms with Gasteiger partial charge in [-0.15, -0.1) is 5.10 Å². The number of halogens is 3. The number of hydrogen-bond acceptors (Lipinski definition) is 3. The zero-order valence-corrected chi connectivity index (χ0v) is 9.20. The minimum atomic E-state index is -2.86. The maximum atomic E-state index is 12.1. The predicted octanol–water partition coefficient (Wildman–Crippen LogP) is 2.33. The van der Waals surface area contributed by atoms with Crippen LogP contribution in [0.15, 0.2) is 16.6 Å². The van der Waals surface area contributed by atoms with Crippen LogP contribution in [0.5, 0.6) is 5.75 Å². The molecule has 0 spiro atoms. The van der Waals surface area contributed by atoms with E-state index in [1.165, 1.54) is 10.7 Å². The smallest absolute Gasteiger partial charge is 0.387 e. The van der Waals surface area contributed by atoms with E-state index in [1.54, 1.807) is 13.1 Å². The number of fused-ring (bicyclic) bond motifs is 1. The normalized spacial score (nSPS) is 11.3. The lowest BCUT2D eigenvalue weighted by molar-refractivity contribution is -0.0490. The first-order chi connectivity index (χ1) is 7.08. The monoisotopic (exact) mass is 277 g/mol. The largest absolute Gasteiger partial charge is 0.432 e. The molecule has 0 N–H and O–H groups in total. The minimum Gasteiger partial charge on any atom is -0.432 e. The first-order valence-corrected chi connectivity index (χ1v) is 4.81. The van der Waals surface area contributed by atoms with Gasteiger partial charge in [0.1, 0.15) is 11.0 Å². The molecule has 0 saturated heterocycles. The highest BCUT2D eigenvalue weighted by Crippen LogP contribution is 2.29. The lowest BCUT2D eigenvalue weighted by Crippen LogP contribution is -2.03.